The van der Waals surface area contributed by atoms with Gasteiger partial charge in [-0.05, 0) is 31.9 Å². The van der Waals surface area contributed by atoms with E-state index < -0.39 is 10.8 Å². The molecular weight excluding hydrogens is 270 g/mol. The lowest BCUT2D eigenvalue weighted by atomic mass is 10.0. The third kappa shape index (κ3) is 3.90. The van der Waals surface area contributed by atoms with Gasteiger partial charge >= 0.3 is 0 Å². The van der Waals surface area contributed by atoms with Crippen LogP contribution in [0.1, 0.15) is 37.8 Å². The molecular formula is C16H25NO2S. The second-order valence-electron chi connectivity index (χ2n) is 5.31. The molecule has 0 bridgehead atoms. The summed E-state index contributed by atoms with van der Waals surface area (Å²) in [6.45, 7) is 2.94. The smallest absolute Gasteiger partial charge is 0.0691 e. The molecule has 0 amide bonds. The second-order valence-corrected chi connectivity index (χ2v) is 7.01. The number of benzene rings is 1. The zero-order valence-electron chi connectivity index (χ0n) is 12.4. The van der Waals surface area contributed by atoms with Gasteiger partial charge in [-0.2, -0.15) is 0 Å². The number of hydrogen-bond donors (Lipinski definition) is 1. The van der Waals surface area contributed by atoms with Crippen LogP contribution < -0.4 is 5.32 Å². The quantitative estimate of drug-likeness (QED) is 0.840. The van der Waals surface area contributed by atoms with Crippen LogP contribution >= 0.6 is 0 Å². The molecule has 1 aliphatic rings. The van der Waals surface area contributed by atoms with Crippen LogP contribution in [0.25, 0.3) is 0 Å². The lowest BCUT2D eigenvalue weighted by Gasteiger charge is -2.26. The molecule has 1 N–H and O–H groups in total. The van der Waals surface area contributed by atoms with Gasteiger partial charge in [0.1, 0.15) is 0 Å². The lowest BCUT2D eigenvalue weighted by Crippen LogP contribution is -2.35. The van der Waals surface area contributed by atoms with Crippen LogP contribution in [0.5, 0.6) is 0 Å². The molecule has 1 heterocycles. The molecule has 4 unspecified atom stereocenters. The van der Waals surface area contributed by atoms with Gasteiger partial charge in [0.2, 0.25) is 0 Å². The molecule has 3 nitrogen and oxygen atoms in total. The van der Waals surface area contributed by atoms with Crippen molar-refractivity contribution in [3.63, 3.8) is 0 Å². The largest absolute Gasteiger partial charge is 0.377 e. The number of ether oxygens (including phenoxy) is 1. The first-order valence-corrected chi connectivity index (χ1v) is 8.85. The third-order valence-corrected chi connectivity index (χ3v) is 5.94. The molecule has 0 saturated carbocycles. The Bertz CT molecular complexity index is 418. The summed E-state index contributed by atoms with van der Waals surface area (Å²) in [4.78, 5) is 0. The molecule has 112 valence electrons. The standard InChI is InChI=1S/C16H25NO2S/c1-3-15(20(18)12-14-10-7-11-19-14)16(17-2)13-8-5-4-6-9-13/h4-6,8-9,14-17H,3,7,10-12H2,1-2H3. The van der Waals surface area contributed by atoms with Gasteiger partial charge in [-0.1, -0.05) is 37.3 Å². The van der Waals surface area contributed by atoms with Crippen molar-refractivity contribution in [1.82, 2.24) is 5.32 Å². The van der Waals surface area contributed by atoms with Gasteiger partial charge in [-0.15, -0.1) is 0 Å². The van der Waals surface area contributed by atoms with E-state index in [0.29, 0.717) is 5.75 Å². The monoisotopic (exact) mass is 295 g/mol. The van der Waals surface area contributed by atoms with E-state index in [1.807, 2.05) is 25.2 Å². The predicted octanol–water partition coefficient (Wildman–Crippen LogP) is 2.65. The molecule has 1 aliphatic heterocycles. The van der Waals surface area contributed by atoms with Gasteiger partial charge in [0.15, 0.2) is 0 Å². The van der Waals surface area contributed by atoms with E-state index in [-0.39, 0.29) is 17.4 Å². The van der Waals surface area contributed by atoms with Crippen LogP contribution in [-0.4, -0.2) is 35.0 Å². The average Bonchev–Trinajstić information content (AvgIpc) is 2.98. The Labute approximate surface area is 124 Å². The van der Waals surface area contributed by atoms with Gasteiger partial charge in [0.25, 0.3) is 0 Å². The van der Waals surface area contributed by atoms with Crippen molar-refractivity contribution in [2.24, 2.45) is 0 Å². The predicted molar refractivity (Wildman–Crippen MR) is 84.3 cm³/mol. The maximum Gasteiger partial charge on any atom is 0.0691 e. The van der Waals surface area contributed by atoms with E-state index in [4.69, 9.17) is 4.74 Å². The second kappa shape index (κ2) is 7.91. The Morgan fingerprint density at radius 2 is 2.15 bits per heavy atom. The van der Waals surface area contributed by atoms with E-state index >= 15 is 0 Å². The molecule has 2 rings (SSSR count). The van der Waals surface area contributed by atoms with Crippen LogP contribution in [0.4, 0.5) is 0 Å². The molecule has 0 radical (unpaired) electrons. The van der Waals surface area contributed by atoms with Crippen LogP contribution in [-0.2, 0) is 15.5 Å². The Hall–Kier alpha value is -0.710. The fourth-order valence-corrected chi connectivity index (χ4v) is 4.73. The van der Waals surface area contributed by atoms with Crippen LogP contribution in [0.3, 0.4) is 0 Å². The molecule has 20 heavy (non-hydrogen) atoms. The van der Waals surface area contributed by atoms with E-state index in [9.17, 15) is 4.21 Å². The molecule has 0 aromatic heterocycles. The summed E-state index contributed by atoms with van der Waals surface area (Å²) in [5.41, 5.74) is 1.21. The minimum absolute atomic E-state index is 0.131. The SMILES string of the molecule is CCC(C(NC)c1ccccc1)S(=O)CC1CCCO1. The highest BCUT2D eigenvalue weighted by Crippen LogP contribution is 2.25. The third-order valence-electron chi connectivity index (χ3n) is 3.96. The van der Waals surface area contributed by atoms with Gasteiger partial charge in [0, 0.05) is 23.4 Å². The van der Waals surface area contributed by atoms with Crippen molar-refractivity contribution in [1.29, 1.82) is 0 Å². The van der Waals surface area contributed by atoms with Gasteiger partial charge in [-0.25, -0.2) is 0 Å². The first-order valence-electron chi connectivity index (χ1n) is 7.47. The molecule has 1 aromatic carbocycles. The summed E-state index contributed by atoms with van der Waals surface area (Å²) in [6.07, 6.45) is 3.25. The highest BCUT2D eigenvalue weighted by atomic mass is 32.2. The normalized spacial score (nSPS) is 23.4. The van der Waals surface area contributed by atoms with E-state index in [1.165, 1.54) is 5.56 Å². The first-order chi connectivity index (χ1) is 9.76. The zero-order valence-corrected chi connectivity index (χ0v) is 13.2. The Balaban J connectivity index is 2.06. The molecule has 1 fully saturated rings. The summed E-state index contributed by atoms with van der Waals surface area (Å²) >= 11 is 0. The lowest BCUT2D eigenvalue weighted by molar-refractivity contribution is 0.128. The van der Waals surface area contributed by atoms with Crippen LogP contribution in [0, 0.1) is 0 Å². The summed E-state index contributed by atoms with van der Waals surface area (Å²) in [5.74, 6) is 0.670. The first kappa shape index (κ1) is 15.7. The van der Waals surface area contributed by atoms with Crippen LogP contribution in [0.15, 0.2) is 30.3 Å². The van der Waals surface area contributed by atoms with Crippen molar-refractivity contribution < 1.29 is 8.95 Å². The highest BCUT2D eigenvalue weighted by molar-refractivity contribution is 7.85. The molecule has 1 saturated heterocycles. The maximum atomic E-state index is 12.7. The molecule has 1 aromatic rings. The van der Waals surface area contributed by atoms with Crippen molar-refractivity contribution in [2.45, 2.75) is 43.6 Å². The van der Waals surface area contributed by atoms with Crippen molar-refractivity contribution in [3.05, 3.63) is 35.9 Å². The Morgan fingerprint density at radius 1 is 1.40 bits per heavy atom. The van der Waals surface area contributed by atoms with E-state index in [0.717, 1.165) is 25.9 Å². The number of nitrogens with one attached hydrogen (secondary N) is 1. The van der Waals surface area contributed by atoms with Gasteiger partial charge in [-0.3, -0.25) is 4.21 Å². The highest BCUT2D eigenvalue weighted by Gasteiger charge is 2.28. The fourth-order valence-electron chi connectivity index (χ4n) is 2.88. The van der Waals surface area contributed by atoms with E-state index in [1.54, 1.807) is 0 Å². The van der Waals surface area contributed by atoms with Crippen LogP contribution in [0.2, 0.25) is 0 Å². The topological polar surface area (TPSA) is 38.3 Å². The van der Waals surface area contributed by atoms with Crippen molar-refractivity contribution in [3.8, 4) is 0 Å². The summed E-state index contributed by atoms with van der Waals surface area (Å²) in [5, 5.41) is 3.47. The van der Waals surface area contributed by atoms with Gasteiger partial charge < -0.3 is 10.1 Å². The van der Waals surface area contributed by atoms with Gasteiger partial charge in [0.05, 0.1) is 17.1 Å². The average molecular weight is 295 g/mol. The fraction of sp³-hybridized carbons (Fsp3) is 0.625. The number of hydrogen-bond acceptors (Lipinski definition) is 3. The van der Waals surface area contributed by atoms with Crippen molar-refractivity contribution in [2.75, 3.05) is 19.4 Å². The minimum Gasteiger partial charge on any atom is -0.377 e. The molecule has 0 spiro atoms. The molecule has 0 aliphatic carbocycles. The zero-order chi connectivity index (χ0) is 14.4. The molecule has 4 heteroatoms. The van der Waals surface area contributed by atoms with Crippen molar-refractivity contribution >= 4 is 10.8 Å². The number of rotatable bonds is 7. The summed E-state index contributed by atoms with van der Waals surface area (Å²) in [6, 6.07) is 10.4. The Morgan fingerprint density at radius 3 is 2.70 bits per heavy atom. The Kier molecular flexibility index (Phi) is 6.20. The molecule has 4 atom stereocenters. The maximum absolute atomic E-state index is 12.7. The minimum atomic E-state index is -0.866. The van der Waals surface area contributed by atoms with E-state index in [2.05, 4.69) is 24.4 Å². The summed E-state index contributed by atoms with van der Waals surface area (Å²) in [7, 11) is 1.08. The summed E-state index contributed by atoms with van der Waals surface area (Å²) < 4.78 is 18.3.